The summed E-state index contributed by atoms with van der Waals surface area (Å²) in [6.07, 6.45) is -0.636. The second-order valence-electron chi connectivity index (χ2n) is 5.21. The molecule has 4 nitrogen and oxygen atoms in total. The summed E-state index contributed by atoms with van der Waals surface area (Å²) in [6, 6.07) is 6.45. The second-order valence-corrected chi connectivity index (χ2v) is 5.65. The van der Waals surface area contributed by atoms with E-state index in [1.807, 2.05) is 13.8 Å². The molecule has 0 aromatic heterocycles. The van der Waals surface area contributed by atoms with Crippen molar-refractivity contribution in [3.05, 3.63) is 29.3 Å². The van der Waals surface area contributed by atoms with Crippen LogP contribution in [0.2, 0.25) is 5.02 Å². The average molecular weight is 336 g/mol. The molecule has 120 valence electrons. The van der Waals surface area contributed by atoms with Gasteiger partial charge in [-0.1, -0.05) is 25.4 Å². The minimum Gasteiger partial charge on any atom is -0.486 e. The summed E-state index contributed by atoms with van der Waals surface area (Å²) < 4.78 is 11.2. The van der Waals surface area contributed by atoms with E-state index in [0.29, 0.717) is 10.8 Å². The Morgan fingerprint density at radius 3 is 2.10 bits per heavy atom. The maximum atomic E-state index is 11.6. The second kappa shape index (κ2) is 9.13. The summed E-state index contributed by atoms with van der Waals surface area (Å²) in [4.78, 5) is 11.6. The highest BCUT2D eigenvalue weighted by Crippen LogP contribution is 2.21. The first-order chi connectivity index (χ1) is 9.31. The Balaban J connectivity index is 0.00000400. The first-order valence-electron chi connectivity index (χ1n) is 6.69. The highest BCUT2D eigenvalue weighted by atomic mass is 35.5. The fourth-order valence-corrected chi connectivity index (χ4v) is 1.93. The van der Waals surface area contributed by atoms with Gasteiger partial charge in [-0.25, -0.2) is 0 Å². The lowest BCUT2D eigenvalue weighted by atomic mass is 10.0. The van der Waals surface area contributed by atoms with Gasteiger partial charge in [0.2, 0.25) is 0 Å². The van der Waals surface area contributed by atoms with Crippen molar-refractivity contribution in [1.82, 2.24) is 0 Å². The fraction of sp³-hybridized carbons (Fsp3) is 0.533. The molecule has 6 heteroatoms. The van der Waals surface area contributed by atoms with Crippen molar-refractivity contribution in [3.63, 3.8) is 0 Å². The number of hydrogen-bond acceptors (Lipinski definition) is 4. The molecule has 0 radical (unpaired) electrons. The predicted octanol–water partition coefficient (Wildman–Crippen LogP) is 3.44. The topological polar surface area (TPSA) is 61.5 Å². The lowest BCUT2D eigenvalue weighted by Crippen LogP contribution is -2.41. The highest BCUT2D eigenvalue weighted by Gasteiger charge is 2.27. The third kappa shape index (κ3) is 6.55. The summed E-state index contributed by atoms with van der Waals surface area (Å²) in [7, 11) is 0. The van der Waals surface area contributed by atoms with E-state index in [9.17, 15) is 4.79 Å². The molecule has 1 aromatic rings. The number of esters is 1. The van der Waals surface area contributed by atoms with Gasteiger partial charge >= 0.3 is 5.97 Å². The van der Waals surface area contributed by atoms with Gasteiger partial charge in [0, 0.05) is 5.02 Å². The smallest absolute Gasteiger partial charge is 0.323 e. The van der Waals surface area contributed by atoms with Gasteiger partial charge in [0.05, 0.1) is 0 Å². The van der Waals surface area contributed by atoms with E-state index in [1.165, 1.54) is 0 Å². The maximum absolute atomic E-state index is 11.6. The molecule has 0 aliphatic carbocycles. The summed E-state index contributed by atoms with van der Waals surface area (Å²) in [5, 5.41) is 0.648. The molecule has 0 aliphatic heterocycles. The van der Waals surface area contributed by atoms with Gasteiger partial charge in [-0.2, -0.15) is 0 Å². The van der Waals surface area contributed by atoms with Gasteiger partial charge in [0.1, 0.15) is 24.0 Å². The largest absolute Gasteiger partial charge is 0.486 e. The van der Waals surface area contributed by atoms with E-state index in [1.54, 1.807) is 38.1 Å². The van der Waals surface area contributed by atoms with Crippen LogP contribution in [-0.2, 0) is 9.53 Å². The number of carbonyl (C=O) groups excluding carboxylic acids is 1. The fourth-order valence-electron chi connectivity index (χ4n) is 1.80. The van der Waals surface area contributed by atoms with Gasteiger partial charge in [0.15, 0.2) is 0 Å². The van der Waals surface area contributed by atoms with Crippen LogP contribution >= 0.6 is 24.0 Å². The van der Waals surface area contributed by atoms with Crippen molar-refractivity contribution < 1.29 is 14.3 Å². The lowest BCUT2D eigenvalue weighted by molar-refractivity contribution is -0.155. The molecule has 2 N–H and O–H groups in total. The number of rotatable bonds is 6. The zero-order valence-electron chi connectivity index (χ0n) is 12.7. The molecule has 21 heavy (non-hydrogen) atoms. The summed E-state index contributed by atoms with van der Waals surface area (Å²) in [5.74, 6) is 0.446. The molecule has 0 heterocycles. The van der Waals surface area contributed by atoms with Crippen molar-refractivity contribution in [2.24, 2.45) is 11.7 Å². The number of halogens is 2. The molecule has 0 bridgehead atoms. The quantitative estimate of drug-likeness (QED) is 0.809. The Kier molecular flexibility index (Phi) is 8.71. The summed E-state index contributed by atoms with van der Waals surface area (Å²) in [6.45, 7) is 7.42. The van der Waals surface area contributed by atoms with Crippen LogP contribution < -0.4 is 10.5 Å². The Bertz CT molecular complexity index is 435. The van der Waals surface area contributed by atoms with Gasteiger partial charge in [0.25, 0.3) is 0 Å². The van der Waals surface area contributed by atoms with Crippen LogP contribution in [0.1, 0.15) is 27.7 Å². The lowest BCUT2D eigenvalue weighted by Gasteiger charge is -2.28. The third-order valence-electron chi connectivity index (χ3n) is 2.88. The van der Waals surface area contributed by atoms with Gasteiger partial charge in [-0.3, -0.25) is 4.79 Å². The number of ether oxygens (including phenoxy) is 2. The molecule has 0 saturated carbocycles. The van der Waals surface area contributed by atoms with E-state index in [4.69, 9.17) is 26.8 Å². The van der Waals surface area contributed by atoms with Crippen molar-refractivity contribution >= 4 is 30.0 Å². The van der Waals surface area contributed by atoms with Crippen LogP contribution in [0.25, 0.3) is 0 Å². The summed E-state index contributed by atoms with van der Waals surface area (Å²) >= 11 is 5.84. The van der Waals surface area contributed by atoms with Crippen molar-refractivity contribution in [1.29, 1.82) is 0 Å². The van der Waals surface area contributed by atoms with Gasteiger partial charge < -0.3 is 15.2 Å². The molecular weight excluding hydrogens is 313 g/mol. The van der Waals surface area contributed by atoms with Crippen LogP contribution in [0, 0.1) is 5.92 Å². The van der Waals surface area contributed by atoms with E-state index in [2.05, 4.69) is 0 Å². The number of carbonyl (C=O) groups is 1. The minimum atomic E-state index is -0.638. The van der Waals surface area contributed by atoms with E-state index < -0.39 is 12.0 Å². The standard InChI is InChI=1S/C15H22ClNO3.ClH/c1-9(2)14(11(4)19-15(18)10(3)17)20-13-7-5-12(16)6-8-13;/h5-11,14H,17H2,1-4H3;1H/t10-,11-,14+;/m0./s1. The van der Waals surface area contributed by atoms with Crippen LogP contribution in [-0.4, -0.2) is 24.2 Å². The molecule has 0 amide bonds. The molecule has 0 aliphatic rings. The van der Waals surface area contributed by atoms with Crippen LogP contribution in [0.5, 0.6) is 5.75 Å². The van der Waals surface area contributed by atoms with Crippen molar-refractivity contribution in [3.8, 4) is 5.75 Å². The Labute approximate surface area is 137 Å². The molecule has 1 aromatic carbocycles. The molecule has 1 rings (SSSR count). The third-order valence-corrected chi connectivity index (χ3v) is 3.13. The van der Waals surface area contributed by atoms with Crippen LogP contribution in [0.4, 0.5) is 0 Å². The number of hydrogen-bond donors (Lipinski definition) is 1. The first kappa shape index (κ1) is 20.0. The highest BCUT2D eigenvalue weighted by molar-refractivity contribution is 6.30. The SMILES string of the molecule is CC(C)[C@@H](Oc1ccc(Cl)cc1)[C@H](C)OC(=O)[C@H](C)N.Cl. The maximum Gasteiger partial charge on any atom is 0.323 e. The Morgan fingerprint density at radius 2 is 1.67 bits per heavy atom. The van der Waals surface area contributed by atoms with E-state index >= 15 is 0 Å². The van der Waals surface area contributed by atoms with Gasteiger partial charge in [-0.15, -0.1) is 12.4 Å². The molecule has 0 spiro atoms. The molecular formula is C15H23Cl2NO3. The predicted molar refractivity (Wildman–Crippen MR) is 87.2 cm³/mol. The number of nitrogens with two attached hydrogens (primary N) is 1. The monoisotopic (exact) mass is 335 g/mol. The van der Waals surface area contributed by atoms with Crippen molar-refractivity contribution in [2.45, 2.75) is 45.9 Å². The van der Waals surface area contributed by atoms with E-state index in [0.717, 1.165) is 0 Å². The Hall–Kier alpha value is -0.970. The molecule has 0 fully saturated rings. The van der Waals surface area contributed by atoms with E-state index in [-0.39, 0.29) is 30.5 Å². The molecule has 0 unspecified atom stereocenters. The zero-order valence-corrected chi connectivity index (χ0v) is 14.3. The minimum absolute atomic E-state index is 0. The van der Waals surface area contributed by atoms with Crippen LogP contribution in [0.15, 0.2) is 24.3 Å². The Morgan fingerprint density at radius 1 is 1.14 bits per heavy atom. The van der Waals surface area contributed by atoms with Crippen molar-refractivity contribution in [2.75, 3.05) is 0 Å². The molecule has 3 atom stereocenters. The zero-order chi connectivity index (χ0) is 15.3. The van der Waals surface area contributed by atoms with Crippen LogP contribution in [0.3, 0.4) is 0 Å². The normalized spacial score (nSPS) is 14.8. The number of benzene rings is 1. The molecule has 0 saturated heterocycles. The van der Waals surface area contributed by atoms with Gasteiger partial charge in [-0.05, 0) is 44.0 Å². The summed E-state index contributed by atoms with van der Waals surface area (Å²) in [5.41, 5.74) is 5.50. The average Bonchev–Trinajstić information content (AvgIpc) is 2.37. The first-order valence-corrected chi connectivity index (χ1v) is 7.07.